The van der Waals surface area contributed by atoms with Crippen LogP contribution in [-0.4, -0.2) is 40.8 Å². The predicted octanol–water partition coefficient (Wildman–Crippen LogP) is 3.18. The van der Waals surface area contributed by atoms with E-state index in [1.54, 1.807) is 6.07 Å². The van der Waals surface area contributed by atoms with Gasteiger partial charge in [-0.05, 0) is 41.1 Å². The molecule has 1 saturated heterocycles. The summed E-state index contributed by atoms with van der Waals surface area (Å²) in [4.78, 5) is 37.6. The molecule has 1 aliphatic heterocycles. The normalized spacial score (nSPS) is 15.2. The Morgan fingerprint density at radius 2 is 1.93 bits per heavy atom. The molecule has 0 atom stereocenters. The second-order valence-electron chi connectivity index (χ2n) is 5.85. The number of benzene rings is 2. The molecule has 1 heterocycles. The Hall–Kier alpha value is -3.26. The molecule has 0 aliphatic carbocycles. The first-order chi connectivity index (χ1) is 13.5. The van der Waals surface area contributed by atoms with Crippen LogP contribution in [0.4, 0.5) is 4.79 Å². The van der Waals surface area contributed by atoms with Crippen molar-refractivity contribution in [2.45, 2.75) is 6.61 Å². The summed E-state index contributed by atoms with van der Waals surface area (Å²) in [5.41, 5.74) is 1.39. The average molecular weight is 399 g/mol. The van der Waals surface area contributed by atoms with Crippen molar-refractivity contribution < 1.29 is 29.0 Å². The maximum absolute atomic E-state index is 12.5. The van der Waals surface area contributed by atoms with Crippen LogP contribution in [0.1, 0.15) is 11.1 Å². The fourth-order valence-corrected chi connectivity index (χ4v) is 3.32. The van der Waals surface area contributed by atoms with Crippen LogP contribution < -0.4 is 4.74 Å². The van der Waals surface area contributed by atoms with Gasteiger partial charge in [0.2, 0.25) is 0 Å². The van der Waals surface area contributed by atoms with Crippen LogP contribution in [0.15, 0.2) is 53.4 Å². The van der Waals surface area contributed by atoms with Crippen LogP contribution >= 0.6 is 11.8 Å². The first kappa shape index (κ1) is 19.5. The monoisotopic (exact) mass is 399 g/mol. The van der Waals surface area contributed by atoms with Gasteiger partial charge >= 0.3 is 5.97 Å². The van der Waals surface area contributed by atoms with Crippen LogP contribution in [0, 0.1) is 0 Å². The number of esters is 1. The molecule has 2 aromatic rings. The number of thioether (sulfide) groups is 1. The van der Waals surface area contributed by atoms with Crippen molar-refractivity contribution in [3.8, 4) is 11.5 Å². The lowest BCUT2D eigenvalue weighted by atomic mass is 10.2. The minimum Gasteiger partial charge on any atom is -0.504 e. The summed E-state index contributed by atoms with van der Waals surface area (Å²) in [6, 6.07) is 13.7. The van der Waals surface area contributed by atoms with E-state index < -0.39 is 23.7 Å². The van der Waals surface area contributed by atoms with Crippen LogP contribution in [0.5, 0.6) is 11.5 Å². The number of hydrogen-bond donors (Lipinski definition) is 1. The van der Waals surface area contributed by atoms with Crippen LogP contribution in [-0.2, 0) is 20.9 Å². The highest BCUT2D eigenvalue weighted by molar-refractivity contribution is 8.18. The Morgan fingerprint density at radius 1 is 1.18 bits per heavy atom. The zero-order valence-electron chi connectivity index (χ0n) is 15.0. The number of phenolic OH excluding ortho intramolecular Hbond substituents is 1. The summed E-state index contributed by atoms with van der Waals surface area (Å²) in [6.45, 7) is -0.382. The van der Waals surface area contributed by atoms with Gasteiger partial charge in [0.15, 0.2) is 11.5 Å². The van der Waals surface area contributed by atoms with Gasteiger partial charge in [0.1, 0.15) is 13.2 Å². The molecule has 0 spiro atoms. The molecule has 144 valence electrons. The predicted molar refractivity (Wildman–Crippen MR) is 104 cm³/mol. The number of carbonyl (C=O) groups is 3. The lowest BCUT2D eigenvalue weighted by Gasteiger charge is -2.11. The summed E-state index contributed by atoms with van der Waals surface area (Å²) < 4.78 is 10.2. The summed E-state index contributed by atoms with van der Waals surface area (Å²) >= 11 is 0.738. The van der Waals surface area contributed by atoms with Gasteiger partial charge in [0, 0.05) is 0 Å². The molecule has 2 amide bonds. The number of amides is 2. The molecule has 0 aromatic heterocycles. The molecule has 28 heavy (non-hydrogen) atoms. The van der Waals surface area contributed by atoms with E-state index in [-0.39, 0.29) is 23.0 Å². The first-order valence-electron chi connectivity index (χ1n) is 8.30. The van der Waals surface area contributed by atoms with Gasteiger partial charge in [-0.15, -0.1) is 0 Å². The van der Waals surface area contributed by atoms with E-state index >= 15 is 0 Å². The van der Waals surface area contributed by atoms with Crippen molar-refractivity contribution in [2.24, 2.45) is 0 Å². The number of phenols is 1. The number of aromatic hydroxyl groups is 1. The largest absolute Gasteiger partial charge is 0.504 e. The lowest BCUT2D eigenvalue weighted by molar-refractivity contribution is -0.147. The fraction of sp³-hybridized carbons (Fsp3) is 0.150. The number of carbonyl (C=O) groups excluding carboxylic acids is 3. The van der Waals surface area contributed by atoms with Gasteiger partial charge in [0.25, 0.3) is 11.1 Å². The molecule has 0 radical (unpaired) electrons. The SMILES string of the molecule is COc1cc(C=C2SC(=O)N(CC(=O)OCc3ccccc3)C2=O)ccc1O. The van der Waals surface area contributed by atoms with Crippen molar-refractivity contribution in [3.63, 3.8) is 0 Å². The lowest BCUT2D eigenvalue weighted by Crippen LogP contribution is -2.34. The topological polar surface area (TPSA) is 93.1 Å². The van der Waals surface area contributed by atoms with Crippen LogP contribution in [0.25, 0.3) is 6.08 Å². The molecule has 7 nitrogen and oxygen atoms in total. The summed E-state index contributed by atoms with van der Waals surface area (Å²) in [6.07, 6.45) is 1.50. The van der Waals surface area contributed by atoms with Gasteiger partial charge in [-0.3, -0.25) is 19.3 Å². The van der Waals surface area contributed by atoms with Crippen molar-refractivity contribution in [2.75, 3.05) is 13.7 Å². The van der Waals surface area contributed by atoms with Crippen LogP contribution in [0.2, 0.25) is 0 Å². The molecule has 1 aliphatic rings. The molecular weight excluding hydrogens is 382 g/mol. The summed E-state index contributed by atoms with van der Waals surface area (Å²) in [5, 5.41) is 9.09. The molecule has 2 aromatic carbocycles. The van der Waals surface area contributed by atoms with Gasteiger partial charge in [-0.1, -0.05) is 36.4 Å². The molecule has 0 bridgehead atoms. The summed E-state index contributed by atoms with van der Waals surface area (Å²) in [5.74, 6) is -1.02. The zero-order valence-corrected chi connectivity index (χ0v) is 15.8. The van der Waals surface area contributed by atoms with Crippen molar-refractivity contribution in [1.29, 1.82) is 0 Å². The second-order valence-corrected chi connectivity index (χ2v) is 6.84. The minimum absolute atomic E-state index is 0.0334. The van der Waals surface area contributed by atoms with E-state index in [1.807, 2.05) is 30.3 Å². The van der Waals surface area contributed by atoms with Crippen molar-refractivity contribution >= 4 is 35.0 Å². The Balaban J connectivity index is 1.65. The second kappa shape index (κ2) is 8.62. The Morgan fingerprint density at radius 3 is 2.64 bits per heavy atom. The molecule has 3 rings (SSSR count). The Bertz CT molecular complexity index is 941. The quantitative estimate of drug-likeness (QED) is 0.589. The Kier molecular flexibility index (Phi) is 6.00. The number of hydrogen-bond acceptors (Lipinski definition) is 7. The number of rotatable bonds is 6. The third-order valence-corrected chi connectivity index (χ3v) is 4.81. The van der Waals surface area contributed by atoms with Gasteiger partial charge in [0.05, 0.1) is 12.0 Å². The highest BCUT2D eigenvalue weighted by atomic mass is 32.2. The highest BCUT2D eigenvalue weighted by Gasteiger charge is 2.36. The van der Waals surface area contributed by atoms with Gasteiger partial charge < -0.3 is 14.6 Å². The standard InChI is InChI=1S/C20H17NO6S/c1-26-16-9-14(7-8-15(16)22)10-17-19(24)21(20(25)28-17)11-18(23)27-12-13-5-3-2-4-6-13/h2-10,22H,11-12H2,1H3. The van der Waals surface area contributed by atoms with Crippen molar-refractivity contribution in [3.05, 3.63) is 64.6 Å². The van der Waals surface area contributed by atoms with E-state index in [2.05, 4.69) is 0 Å². The van der Waals surface area contributed by atoms with E-state index in [0.29, 0.717) is 5.56 Å². The van der Waals surface area contributed by atoms with Gasteiger partial charge in [-0.25, -0.2) is 0 Å². The van der Waals surface area contributed by atoms with E-state index in [0.717, 1.165) is 22.2 Å². The average Bonchev–Trinajstić information content (AvgIpc) is 2.96. The van der Waals surface area contributed by atoms with Crippen molar-refractivity contribution in [1.82, 2.24) is 4.90 Å². The number of methoxy groups -OCH3 is 1. The van der Waals surface area contributed by atoms with Crippen LogP contribution in [0.3, 0.4) is 0 Å². The Labute approximate surface area is 165 Å². The van der Waals surface area contributed by atoms with E-state index in [1.165, 1.54) is 25.3 Å². The highest BCUT2D eigenvalue weighted by Crippen LogP contribution is 2.34. The first-order valence-corrected chi connectivity index (χ1v) is 9.11. The third kappa shape index (κ3) is 4.52. The maximum atomic E-state index is 12.5. The number of nitrogens with zero attached hydrogens (tertiary/aromatic N) is 1. The number of imide groups is 1. The minimum atomic E-state index is -0.668. The maximum Gasteiger partial charge on any atom is 0.326 e. The van der Waals surface area contributed by atoms with E-state index in [9.17, 15) is 19.5 Å². The zero-order chi connectivity index (χ0) is 20.1. The molecular formula is C20H17NO6S. The summed E-state index contributed by atoms with van der Waals surface area (Å²) in [7, 11) is 1.41. The number of ether oxygens (including phenoxy) is 2. The molecule has 0 saturated carbocycles. The molecule has 1 fully saturated rings. The smallest absolute Gasteiger partial charge is 0.326 e. The third-order valence-electron chi connectivity index (χ3n) is 3.90. The van der Waals surface area contributed by atoms with E-state index in [4.69, 9.17) is 9.47 Å². The van der Waals surface area contributed by atoms with Gasteiger partial charge in [-0.2, -0.15) is 0 Å². The molecule has 0 unspecified atom stereocenters. The molecule has 8 heteroatoms. The molecule has 1 N–H and O–H groups in total. The fourth-order valence-electron chi connectivity index (χ4n) is 2.48.